The molecule has 0 aliphatic carbocycles. The molecule has 0 radical (unpaired) electrons. The quantitative estimate of drug-likeness (QED) is 0.412. The van der Waals surface area contributed by atoms with E-state index in [4.69, 9.17) is 16.3 Å². The van der Waals surface area contributed by atoms with Crippen molar-refractivity contribution >= 4 is 62.3 Å². The number of anilines is 1. The van der Waals surface area contributed by atoms with Gasteiger partial charge in [-0.2, -0.15) is 0 Å². The van der Waals surface area contributed by atoms with Gasteiger partial charge in [-0.15, -0.1) is 21.5 Å². The number of nitrogens with one attached hydrogen (secondary N) is 1. The van der Waals surface area contributed by atoms with Crippen molar-refractivity contribution in [1.82, 2.24) is 19.2 Å². The van der Waals surface area contributed by atoms with Gasteiger partial charge in [-0.25, -0.2) is 0 Å². The molecule has 3 aromatic heterocycles. The molecule has 1 aliphatic heterocycles. The van der Waals surface area contributed by atoms with E-state index in [1.54, 1.807) is 16.7 Å². The molecule has 8 nitrogen and oxygen atoms in total. The Hall–Kier alpha value is -2.40. The highest BCUT2D eigenvalue weighted by Gasteiger charge is 2.23. The summed E-state index contributed by atoms with van der Waals surface area (Å²) in [6.07, 6.45) is 1.90. The van der Waals surface area contributed by atoms with Crippen LogP contribution in [-0.4, -0.2) is 43.5 Å². The number of amides is 1. The minimum Gasteiger partial charge on any atom is -0.376 e. The Kier molecular flexibility index (Phi) is 5.93. The molecule has 32 heavy (non-hydrogen) atoms. The molecule has 0 spiro atoms. The molecule has 4 aromatic rings. The first-order valence-corrected chi connectivity index (χ1v) is 12.4. The number of halogens is 1. The van der Waals surface area contributed by atoms with Gasteiger partial charge in [0, 0.05) is 6.61 Å². The van der Waals surface area contributed by atoms with Crippen LogP contribution in [0.2, 0.25) is 5.02 Å². The van der Waals surface area contributed by atoms with Gasteiger partial charge in [-0.1, -0.05) is 29.4 Å². The number of ether oxygens (including phenoxy) is 1. The fourth-order valence-corrected chi connectivity index (χ4v) is 5.63. The molecular weight excluding hydrogens is 470 g/mol. The van der Waals surface area contributed by atoms with E-state index < -0.39 is 0 Å². The van der Waals surface area contributed by atoms with Crippen molar-refractivity contribution in [3.8, 4) is 0 Å². The van der Waals surface area contributed by atoms with E-state index in [1.807, 2.05) is 28.8 Å². The van der Waals surface area contributed by atoms with Gasteiger partial charge in [0.1, 0.15) is 4.70 Å². The van der Waals surface area contributed by atoms with Crippen LogP contribution in [0, 0.1) is 6.92 Å². The second-order valence-electron chi connectivity index (χ2n) is 7.62. The van der Waals surface area contributed by atoms with Gasteiger partial charge in [0.2, 0.25) is 11.7 Å². The number of hydrogen-bond acceptors (Lipinski definition) is 7. The maximum Gasteiger partial charge on any atom is 0.272 e. The lowest BCUT2D eigenvalue weighted by atomic mass is 10.2. The molecule has 0 saturated carbocycles. The van der Waals surface area contributed by atoms with Crippen LogP contribution in [0.3, 0.4) is 0 Å². The monoisotopic (exact) mass is 489 g/mol. The summed E-state index contributed by atoms with van der Waals surface area (Å²) in [5.74, 6) is 0.384. The zero-order valence-corrected chi connectivity index (χ0v) is 19.6. The van der Waals surface area contributed by atoms with E-state index in [1.165, 1.54) is 23.1 Å². The number of thioether (sulfide) groups is 1. The molecule has 0 bridgehead atoms. The summed E-state index contributed by atoms with van der Waals surface area (Å²) in [5, 5.41) is 14.3. The fourth-order valence-electron chi connectivity index (χ4n) is 3.79. The second kappa shape index (κ2) is 8.86. The first-order chi connectivity index (χ1) is 15.5. The highest BCUT2D eigenvalue weighted by molar-refractivity contribution is 7.99. The Morgan fingerprint density at radius 3 is 3.03 bits per heavy atom. The van der Waals surface area contributed by atoms with Crippen molar-refractivity contribution in [1.29, 1.82) is 0 Å². The molecule has 5 rings (SSSR count). The van der Waals surface area contributed by atoms with Crippen molar-refractivity contribution in [2.24, 2.45) is 0 Å². The second-order valence-corrected chi connectivity index (χ2v) is 9.89. The van der Waals surface area contributed by atoms with E-state index in [-0.39, 0.29) is 23.3 Å². The van der Waals surface area contributed by atoms with Crippen LogP contribution >= 0.6 is 34.7 Å². The Labute approximate surface area is 196 Å². The number of fused-ring (bicyclic) bond motifs is 3. The summed E-state index contributed by atoms with van der Waals surface area (Å²) in [4.78, 5) is 25.6. The van der Waals surface area contributed by atoms with Gasteiger partial charge < -0.3 is 10.1 Å². The first kappa shape index (κ1) is 21.4. The van der Waals surface area contributed by atoms with Crippen LogP contribution in [-0.2, 0) is 16.1 Å². The van der Waals surface area contributed by atoms with Crippen LogP contribution in [0.15, 0.2) is 39.6 Å². The molecule has 166 valence electrons. The molecule has 1 N–H and O–H groups in total. The van der Waals surface area contributed by atoms with E-state index in [9.17, 15) is 9.59 Å². The summed E-state index contributed by atoms with van der Waals surface area (Å²) in [7, 11) is 0. The lowest BCUT2D eigenvalue weighted by molar-refractivity contribution is -0.113. The zero-order valence-electron chi connectivity index (χ0n) is 17.2. The largest absolute Gasteiger partial charge is 0.376 e. The van der Waals surface area contributed by atoms with Crippen molar-refractivity contribution in [3.63, 3.8) is 0 Å². The van der Waals surface area contributed by atoms with Gasteiger partial charge in [-0.05, 0) is 48.9 Å². The highest BCUT2D eigenvalue weighted by atomic mass is 35.5. The number of rotatable bonds is 6. The average molecular weight is 490 g/mol. The van der Waals surface area contributed by atoms with Crippen LogP contribution < -0.4 is 10.9 Å². The number of aromatic nitrogens is 4. The minimum atomic E-state index is -0.202. The van der Waals surface area contributed by atoms with E-state index in [0.717, 1.165) is 23.9 Å². The van der Waals surface area contributed by atoms with Crippen molar-refractivity contribution in [2.45, 2.75) is 37.6 Å². The van der Waals surface area contributed by atoms with Crippen molar-refractivity contribution < 1.29 is 9.53 Å². The summed E-state index contributed by atoms with van der Waals surface area (Å²) in [5.41, 5.74) is 2.24. The Balaban J connectivity index is 1.42. The number of nitrogens with zero attached hydrogens (tertiary/aromatic N) is 4. The lowest BCUT2D eigenvalue weighted by Gasteiger charge is -2.13. The van der Waals surface area contributed by atoms with Gasteiger partial charge in [-0.3, -0.25) is 18.6 Å². The fraction of sp³-hybridized carbons (Fsp3) is 0.333. The minimum absolute atomic E-state index is 0.00764. The van der Waals surface area contributed by atoms with Crippen molar-refractivity contribution in [2.75, 3.05) is 17.7 Å². The predicted octanol–water partition coefficient (Wildman–Crippen LogP) is 3.98. The SMILES string of the molecule is Cc1ccc(NC(=O)CSc2nnc3n(CC4CCCO4)c(=O)c4sccc4n23)c(Cl)c1. The van der Waals surface area contributed by atoms with Crippen LogP contribution in [0.5, 0.6) is 0 Å². The first-order valence-electron chi connectivity index (χ1n) is 10.2. The van der Waals surface area contributed by atoms with Gasteiger partial charge in [0.25, 0.3) is 5.56 Å². The third-order valence-electron chi connectivity index (χ3n) is 5.32. The zero-order chi connectivity index (χ0) is 22.2. The molecule has 4 heterocycles. The lowest BCUT2D eigenvalue weighted by Crippen LogP contribution is -2.28. The van der Waals surface area contributed by atoms with Gasteiger partial charge >= 0.3 is 0 Å². The maximum absolute atomic E-state index is 13.1. The Morgan fingerprint density at radius 1 is 1.38 bits per heavy atom. The number of carbonyl (C=O) groups is 1. The summed E-state index contributed by atoms with van der Waals surface area (Å²) < 4.78 is 9.85. The highest BCUT2D eigenvalue weighted by Crippen LogP contribution is 2.26. The molecule has 1 amide bonds. The van der Waals surface area contributed by atoms with E-state index in [2.05, 4.69) is 15.5 Å². The normalized spacial score (nSPS) is 16.2. The predicted molar refractivity (Wildman–Crippen MR) is 127 cm³/mol. The maximum atomic E-state index is 13.1. The molecule has 1 unspecified atom stereocenters. The van der Waals surface area contributed by atoms with Crippen LogP contribution in [0.25, 0.3) is 16.0 Å². The molecular formula is C21H20ClN5O3S2. The number of hydrogen-bond donors (Lipinski definition) is 1. The third kappa shape index (κ3) is 4.03. The number of benzene rings is 1. The molecule has 1 saturated heterocycles. The average Bonchev–Trinajstić information content (AvgIpc) is 3.52. The van der Waals surface area contributed by atoms with Crippen molar-refractivity contribution in [3.05, 3.63) is 50.6 Å². The number of carbonyl (C=O) groups excluding carboxylic acids is 1. The van der Waals surface area contributed by atoms with Crippen LogP contribution in [0.1, 0.15) is 18.4 Å². The topological polar surface area (TPSA) is 90.5 Å². The smallest absolute Gasteiger partial charge is 0.272 e. The summed E-state index contributed by atoms with van der Waals surface area (Å²) in [6.45, 7) is 3.09. The van der Waals surface area contributed by atoms with E-state index >= 15 is 0 Å². The number of thiophene rings is 1. The van der Waals surface area contributed by atoms with Gasteiger partial charge in [0.15, 0.2) is 5.16 Å². The summed E-state index contributed by atoms with van der Waals surface area (Å²) >= 11 is 8.87. The summed E-state index contributed by atoms with van der Waals surface area (Å²) in [6, 6.07) is 7.36. The molecule has 11 heteroatoms. The number of aryl methyl sites for hydroxylation is 1. The molecule has 1 aliphatic rings. The van der Waals surface area contributed by atoms with E-state index in [0.29, 0.717) is 39.5 Å². The molecule has 1 aromatic carbocycles. The van der Waals surface area contributed by atoms with Gasteiger partial charge in [0.05, 0.1) is 34.6 Å². The van der Waals surface area contributed by atoms with Crippen LogP contribution in [0.4, 0.5) is 5.69 Å². The Morgan fingerprint density at radius 2 is 2.25 bits per heavy atom. The molecule has 1 atom stereocenters. The standard InChI is InChI=1S/C21H20ClN5O3S2/c1-12-4-5-15(14(22)9-12)23-17(28)11-32-21-25-24-20-26(10-13-3-2-7-30-13)19(29)18-16(27(20)21)6-8-31-18/h4-6,8-9,13H,2-3,7,10-11H2,1H3,(H,23,28). The Bertz CT molecular complexity index is 1370. The molecule has 1 fully saturated rings. The third-order valence-corrected chi connectivity index (χ3v) is 7.46.